The maximum Gasteiger partial charge on any atom is 0.162 e. The zero-order valence-electron chi connectivity index (χ0n) is 11.4. The average Bonchev–Trinajstić information content (AvgIpc) is 2.41. The number of nitrogens with two attached hydrogens (primary N) is 1. The second-order valence-electron chi connectivity index (χ2n) is 5.85. The van der Waals surface area contributed by atoms with E-state index < -0.39 is 11.6 Å². The lowest BCUT2D eigenvalue weighted by Gasteiger charge is -2.40. The molecule has 2 rings (SSSR count). The quantitative estimate of drug-likeness (QED) is 0.649. The third kappa shape index (κ3) is 3.12. The Hall–Kier alpha value is -1.00. The van der Waals surface area contributed by atoms with Gasteiger partial charge in [-0.2, -0.15) is 0 Å². The molecule has 0 saturated heterocycles. The van der Waals surface area contributed by atoms with Crippen molar-refractivity contribution >= 4 is 0 Å². The highest BCUT2D eigenvalue weighted by atomic mass is 19.2. The fraction of sp³-hybridized carbons (Fsp3) is 0.600. The van der Waals surface area contributed by atoms with Gasteiger partial charge >= 0.3 is 0 Å². The van der Waals surface area contributed by atoms with E-state index >= 15 is 0 Å². The highest BCUT2D eigenvalue weighted by Crippen LogP contribution is 2.39. The number of hydrazine groups is 1. The Morgan fingerprint density at radius 3 is 2.58 bits per heavy atom. The first-order valence-electron chi connectivity index (χ1n) is 6.96. The van der Waals surface area contributed by atoms with E-state index in [1.807, 2.05) is 0 Å². The molecule has 1 fully saturated rings. The minimum atomic E-state index is -0.790. The third-order valence-electron chi connectivity index (χ3n) is 4.49. The molecular formula is C15H22F2N2. The molecule has 0 amide bonds. The molecule has 0 aromatic heterocycles. The van der Waals surface area contributed by atoms with E-state index in [1.54, 1.807) is 12.1 Å². The van der Waals surface area contributed by atoms with Crippen LogP contribution in [0.3, 0.4) is 0 Å². The van der Waals surface area contributed by atoms with Crippen LogP contribution in [0.25, 0.3) is 0 Å². The zero-order valence-corrected chi connectivity index (χ0v) is 11.4. The zero-order chi connectivity index (χ0) is 13.9. The maximum absolute atomic E-state index is 13.7. The van der Waals surface area contributed by atoms with Crippen LogP contribution in [0.2, 0.25) is 0 Å². The minimum Gasteiger partial charge on any atom is -0.271 e. The molecule has 1 unspecified atom stereocenters. The molecule has 19 heavy (non-hydrogen) atoms. The van der Waals surface area contributed by atoms with Gasteiger partial charge in [-0.3, -0.25) is 11.3 Å². The van der Waals surface area contributed by atoms with Crippen LogP contribution in [0, 0.1) is 17.0 Å². The third-order valence-corrected chi connectivity index (χ3v) is 4.49. The number of benzene rings is 1. The fourth-order valence-electron chi connectivity index (χ4n) is 3.14. The van der Waals surface area contributed by atoms with E-state index in [1.165, 1.54) is 19.3 Å². The van der Waals surface area contributed by atoms with Gasteiger partial charge in [0, 0.05) is 6.04 Å². The van der Waals surface area contributed by atoms with E-state index in [0.717, 1.165) is 18.9 Å². The molecule has 1 atom stereocenters. The summed E-state index contributed by atoms with van der Waals surface area (Å²) < 4.78 is 27.0. The highest BCUT2D eigenvalue weighted by Gasteiger charge is 2.35. The first-order chi connectivity index (χ1) is 9.07. The first-order valence-corrected chi connectivity index (χ1v) is 6.96. The molecule has 1 saturated carbocycles. The molecular weight excluding hydrogens is 246 g/mol. The fourth-order valence-corrected chi connectivity index (χ4v) is 3.14. The highest BCUT2D eigenvalue weighted by molar-refractivity contribution is 5.20. The molecule has 4 heteroatoms. The smallest absolute Gasteiger partial charge is 0.162 e. The van der Waals surface area contributed by atoms with Crippen LogP contribution in [0.4, 0.5) is 8.78 Å². The van der Waals surface area contributed by atoms with E-state index in [-0.39, 0.29) is 11.5 Å². The van der Waals surface area contributed by atoms with Crippen molar-refractivity contribution in [1.82, 2.24) is 5.43 Å². The largest absolute Gasteiger partial charge is 0.271 e. The van der Waals surface area contributed by atoms with Gasteiger partial charge in [-0.1, -0.05) is 38.3 Å². The summed E-state index contributed by atoms with van der Waals surface area (Å²) in [5.74, 6) is 4.12. The topological polar surface area (TPSA) is 38.0 Å². The van der Waals surface area contributed by atoms with Gasteiger partial charge in [-0.25, -0.2) is 8.78 Å². The van der Waals surface area contributed by atoms with Gasteiger partial charge in [-0.05, 0) is 36.3 Å². The van der Waals surface area contributed by atoms with Gasteiger partial charge in [0.15, 0.2) is 11.6 Å². The standard InChI is InChI=1S/C15H22F2N2/c1-15(8-3-2-4-9-15)13(19-18)10-11-6-5-7-12(16)14(11)17/h5-7,13,19H,2-4,8-10,18H2,1H3. The van der Waals surface area contributed by atoms with Crippen LogP contribution in [-0.4, -0.2) is 6.04 Å². The van der Waals surface area contributed by atoms with Crippen LogP contribution < -0.4 is 11.3 Å². The lowest BCUT2D eigenvalue weighted by Crippen LogP contribution is -2.49. The van der Waals surface area contributed by atoms with Crippen molar-refractivity contribution in [2.45, 2.75) is 51.5 Å². The summed E-state index contributed by atoms with van der Waals surface area (Å²) in [6, 6.07) is 4.30. The lowest BCUT2D eigenvalue weighted by molar-refractivity contribution is 0.143. The first kappa shape index (κ1) is 14.4. The molecule has 106 valence electrons. The summed E-state index contributed by atoms with van der Waals surface area (Å²) in [7, 11) is 0. The van der Waals surface area contributed by atoms with Crippen molar-refractivity contribution in [1.29, 1.82) is 0 Å². The Morgan fingerprint density at radius 2 is 1.95 bits per heavy atom. The second-order valence-corrected chi connectivity index (χ2v) is 5.85. The molecule has 0 bridgehead atoms. The van der Waals surface area contributed by atoms with Crippen LogP contribution in [-0.2, 0) is 6.42 Å². The van der Waals surface area contributed by atoms with Gasteiger partial charge in [0.25, 0.3) is 0 Å². The monoisotopic (exact) mass is 268 g/mol. The number of rotatable bonds is 4. The summed E-state index contributed by atoms with van der Waals surface area (Å²) in [6.07, 6.45) is 6.20. The summed E-state index contributed by atoms with van der Waals surface area (Å²) in [6.45, 7) is 2.19. The van der Waals surface area contributed by atoms with Crippen molar-refractivity contribution in [3.05, 3.63) is 35.4 Å². The summed E-state index contributed by atoms with van der Waals surface area (Å²) in [5.41, 5.74) is 3.28. The molecule has 3 N–H and O–H groups in total. The van der Waals surface area contributed by atoms with Crippen molar-refractivity contribution in [3.63, 3.8) is 0 Å². The molecule has 1 aliphatic rings. The average molecular weight is 268 g/mol. The molecule has 1 aromatic rings. The Bertz CT molecular complexity index is 428. The van der Waals surface area contributed by atoms with Crippen LogP contribution in [0.1, 0.15) is 44.6 Å². The predicted octanol–water partition coefficient (Wildman–Crippen LogP) is 3.31. The van der Waals surface area contributed by atoms with Crippen LogP contribution in [0.15, 0.2) is 18.2 Å². The summed E-state index contributed by atoms with van der Waals surface area (Å²) in [5, 5.41) is 0. The molecule has 0 radical (unpaired) electrons. The van der Waals surface area contributed by atoms with E-state index in [9.17, 15) is 8.78 Å². The van der Waals surface area contributed by atoms with Crippen molar-refractivity contribution in [2.75, 3.05) is 0 Å². The predicted molar refractivity (Wildman–Crippen MR) is 72.4 cm³/mol. The van der Waals surface area contributed by atoms with Crippen LogP contribution in [0.5, 0.6) is 0 Å². The minimum absolute atomic E-state index is 0.0240. The van der Waals surface area contributed by atoms with E-state index in [4.69, 9.17) is 5.84 Å². The van der Waals surface area contributed by atoms with Gasteiger partial charge in [0.05, 0.1) is 0 Å². The number of halogens is 2. The van der Waals surface area contributed by atoms with Gasteiger partial charge in [-0.15, -0.1) is 0 Å². The lowest BCUT2D eigenvalue weighted by atomic mass is 9.69. The number of nitrogens with one attached hydrogen (secondary N) is 1. The summed E-state index contributed by atoms with van der Waals surface area (Å²) >= 11 is 0. The molecule has 0 aliphatic heterocycles. The Labute approximate surface area is 113 Å². The van der Waals surface area contributed by atoms with Gasteiger partial charge in [0.1, 0.15) is 0 Å². The summed E-state index contributed by atoms with van der Waals surface area (Å²) in [4.78, 5) is 0. The normalized spacial score (nSPS) is 20.2. The van der Waals surface area contributed by atoms with Crippen molar-refractivity contribution in [2.24, 2.45) is 11.3 Å². The van der Waals surface area contributed by atoms with E-state index in [0.29, 0.717) is 12.0 Å². The molecule has 2 nitrogen and oxygen atoms in total. The maximum atomic E-state index is 13.7. The van der Waals surface area contributed by atoms with Gasteiger partial charge in [0.2, 0.25) is 0 Å². The van der Waals surface area contributed by atoms with Crippen molar-refractivity contribution in [3.8, 4) is 0 Å². The molecule has 0 heterocycles. The number of hydrogen-bond donors (Lipinski definition) is 2. The Kier molecular flexibility index (Phi) is 4.53. The van der Waals surface area contributed by atoms with Gasteiger partial charge < -0.3 is 0 Å². The van der Waals surface area contributed by atoms with Crippen molar-refractivity contribution < 1.29 is 8.78 Å². The van der Waals surface area contributed by atoms with Crippen LogP contribution >= 0.6 is 0 Å². The Morgan fingerprint density at radius 1 is 1.26 bits per heavy atom. The number of hydrogen-bond acceptors (Lipinski definition) is 2. The second kappa shape index (κ2) is 5.97. The SMILES string of the molecule is CC1(C(Cc2cccc(F)c2F)NN)CCCCC1. The molecule has 0 spiro atoms. The molecule has 1 aromatic carbocycles. The Balaban J connectivity index is 2.16. The molecule has 1 aliphatic carbocycles. The van der Waals surface area contributed by atoms with E-state index in [2.05, 4.69) is 12.3 Å².